The van der Waals surface area contributed by atoms with Gasteiger partial charge in [-0.2, -0.15) is 0 Å². The number of rotatable bonds is 6. The number of hydrogen-bond donors (Lipinski definition) is 1. The molecule has 1 heterocycles. The van der Waals surface area contributed by atoms with Crippen LogP contribution in [-0.2, 0) is 0 Å². The molecule has 0 aliphatic carbocycles. The van der Waals surface area contributed by atoms with Crippen LogP contribution >= 0.6 is 11.6 Å². The monoisotopic (exact) mass is 305 g/mol. The quantitative estimate of drug-likeness (QED) is 0.736. The number of nitrogens with one attached hydrogen (secondary N) is 1. The lowest BCUT2D eigenvalue weighted by atomic mass is 10.00. The molecule has 0 radical (unpaired) electrons. The van der Waals surface area contributed by atoms with E-state index in [1.165, 1.54) is 11.1 Å². The molecule has 2 unspecified atom stereocenters. The summed E-state index contributed by atoms with van der Waals surface area (Å²) in [6.07, 6.45) is 2.23. The summed E-state index contributed by atoms with van der Waals surface area (Å²) in [5.41, 5.74) is 2.52. The Morgan fingerprint density at radius 2 is 1.86 bits per heavy atom. The van der Waals surface area contributed by atoms with Crippen LogP contribution in [0, 0.1) is 13.8 Å². The number of hydrogen-bond acceptors (Lipinski definition) is 2. The number of aryl methyl sites for hydroxylation is 2. The Hall–Kier alpha value is -1.25. The molecule has 0 saturated carbocycles. The highest BCUT2D eigenvalue weighted by molar-refractivity contribution is 6.30. The van der Waals surface area contributed by atoms with E-state index in [1.807, 2.05) is 26.0 Å². The third kappa shape index (κ3) is 4.12. The van der Waals surface area contributed by atoms with Crippen molar-refractivity contribution in [1.29, 1.82) is 0 Å². The van der Waals surface area contributed by atoms with Crippen molar-refractivity contribution in [2.75, 3.05) is 0 Å². The smallest absolute Gasteiger partial charge is 0.105 e. The molecule has 0 fully saturated rings. The van der Waals surface area contributed by atoms with Gasteiger partial charge in [-0.25, -0.2) is 0 Å². The van der Waals surface area contributed by atoms with Gasteiger partial charge < -0.3 is 9.73 Å². The zero-order valence-corrected chi connectivity index (χ0v) is 14.0. The van der Waals surface area contributed by atoms with E-state index in [4.69, 9.17) is 16.0 Å². The van der Waals surface area contributed by atoms with Crippen molar-refractivity contribution in [3.8, 4) is 0 Å². The summed E-state index contributed by atoms with van der Waals surface area (Å²) in [6, 6.07) is 10.8. The first-order valence-corrected chi connectivity index (χ1v) is 7.97. The zero-order valence-electron chi connectivity index (χ0n) is 13.2. The van der Waals surface area contributed by atoms with E-state index >= 15 is 0 Å². The minimum Gasteiger partial charge on any atom is -0.466 e. The van der Waals surface area contributed by atoms with Crippen LogP contribution in [0.25, 0.3) is 0 Å². The van der Waals surface area contributed by atoms with Crippen molar-refractivity contribution >= 4 is 11.6 Å². The van der Waals surface area contributed by atoms with Crippen LogP contribution in [0.2, 0.25) is 5.02 Å². The van der Waals surface area contributed by atoms with Crippen LogP contribution < -0.4 is 5.32 Å². The van der Waals surface area contributed by atoms with Crippen LogP contribution in [0.5, 0.6) is 0 Å². The van der Waals surface area contributed by atoms with E-state index in [0.717, 1.165) is 29.4 Å². The van der Waals surface area contributed by atoms with Gasteiger partial charge in [-0.15, -0.1) is 0 Å². The largest absolute Gasteiger partial charge is 0.466 e. The molecule has 1 aromatic carbocycles. The minimum absolute atomic E-state index is 0.259. The van der Waals surface area contributed by atoms with Gasteiger partial charge in [0.2, 0.25) is 0 Å². The molecule has 3 heteroatoms. The topological polar surface area (TPSA) is 25.2 Å². The SMILES string of the molecule is CCCC(NC(C)c1cc(C)oc1C)c1ccc(Cl)cc1. The van der Waals surface area contributed by atoms with Gasteiger partial charge >= 0.3 is 0 Å². The van der Waals surface area contributed by atoms with Gasteiger partial charge in [-0.05, 0) is 51.0 Å². The Labute approximate surface area is 132 Å². The number of halogens is 1. The third-order valence-corrected chi connectivity index (χ3v) is 4.10. The molecule has 0 aliphatic rings. The fourth-order valence-corrected chi connectivity index (χ4v) is 2.93. The molecule has 2 aromatic rings. The van der Waals surface area contributed by atoms with E-state index in [9.17, 15) is 0 Å². The van der Waals surface area contributed by atoms with Crippen molar-refractivity contribution in [3.63, 3.8) is 0 Å². The maximum Gasteiger partial charge on any atom is 0.105 e. The van der Waals surface area contributed by atoms with Crippen molar-refractivity contribution in [2.24, 2.45) is 0 Å². The molecule has 2 rings (SSSR count). The van der Waals surface area contributed by atoms with Crippen LogP contribution in [0.4, 0.5) is 0 Å². The molecular weight excluding hydrogens is 282 g/mol. The lowest BCUT2D eigenvalue weighted by Crippen LogP contribution is -2.24. The molecule has 0 aliphatic heterocycles. The highest BCUT2D eigenvalue weighted by atomic mass is 35.5. The van der Waals surface area contributed by atoms with Crippen LogP contribution in [-0.4, -0.2) is 0 Å². The van der Waals surface area contributed by atoms with E-state index in [2.05, 4.69) is 37.4 Å². The van der Waals surface area contributed by atoms with Gasteiger partial charge in [-0.3, -0.25) is 0 Å². The summed E-state index contributed by atoms with van der Waals surface area (Å²) in [4.78, 5) is 0. The van der Waals surface area contributed by atoms with Crippen LogP contribution in [0.1, 0.15) is 61.4 Å². The van der Waals surface area contributed by atoms with Crippen molar-refractivity contribution < 1.29 is 4.42 Å². The van der Waals surface area contributed by atoms with Crippen LogP contribution in [0.15, 0.2) is 34.7 Å². The van der Waals surface area contributed by atoms with Crippen LogP contribution in [0.3, 0.4) is 0 Å². The predicted molar refractivity (Wildman–Crippen MR) is 88.8 cm³/mol. The molecule has 0 saturated heterocycles. The van der Waals surface area contributed by atoms with E-state index < -0.39 is 0 Å². The lowest BCUT2D eigenvalue weighted by Gasteiger charge is -2.23. The molecule has 0 spiro atoms. The summed E-state index contributed by atoms with van der Waals surface area (Å²) >= 11 is 5.99. The summed E-state index contributed by atoms with van der Waals surface area (Å²) in [6.45, 7) is 8.42. The first-order valence-electron chi connectivity index (χ1n) is 7.59. The lowest BCUT2D eigenvalue weighted by molar-refractivity contribution is 0.431. The molecule has 0 bridgehead atoms. The van der Waals surface area contributed by atoms with E-state index in [1.54, 1.807) is 0 Å². The first kappa shape index (κ1) is 16.1. The highest BCUT2D eigenvalue weighted by Gasteiger charge is 2.18. The van der Waals surface area contributed by atoms with E-state index in [0.29, 0.717) is 6.04 Å². The fraction of sp³-hybridized carbons (Fsp3) is 0.444. The number of furan rings is 1. The van der Waals surface area contributed by atoms with Gasteiger partial charge in [0.15, 0.2) is 0 Å². The van der Waals surface area contributed by atoms with Gasteiger partial charge in [0.25, 0.3) is 0 Å². The summed E-state index contributed by atoms with van der Waals surface area (Å²) < 4.78 is 5.64. The van der Waals surface area contributed by atoms with Gasteiger partial charge in [0.1, 0.15) is 11.5 Å². The first-order chi connectivity index (χ1) is 10.0. The average Bonchev–Trinajstić information content (AvgIpc) is 2.78. The summed E-state index contributed by atoms with van der Waals surface area (Å²) in [5.74, 6) is 1.97. The Balaban J connectivity index is 2.15. The van der Waals surface area contributed by atoms with Crippen molar-refractivity contribution in [1.82, 2.24) is 5.32 Å². The fourth-order valence-electron chi connectivity index (χ4n) is 2.80. The van der Waals surface area contributed by atoms with Crippen molar-refractivity contribution in [2.45, 2.75) is 52.6 Å². The Kier molecular flexibility index (Phi) is 5.49. The molecule has 2 atom stereocenters. The second-order valence-electron chi connectivity index (χ2n) is 5.65. The molecule has 1 aromatic heterocycles. The molecule has 114 valence electrons. The minimum atomic E-state index is 0.259. The second kappa shape index (κ2) is 7.15. The maximum absolute atomic E-state index is 5.99. The standard InChI is InChI=1S/C18H24ClNO/c1-5-6-18(15-7-9-16(19)10-8-15)20-13(3)17-11-12(2)21-14(17)4/h7-11,13,18,20H,5-6H2,1-4H3. The maximum atomic E-state index is 5.99. The van der Waals surface area contributed by atoms with Gasteiger partial charge in [0, 0.05) is 22.7 Å². The second-order valence-corrected chi connectivity index (χ2v) is 6.09. The molecule has 0 amide bonds. The Bertz CT molecular complexity index is 573. The predicted octanol–water partition coefficient (Wildman–Crippen LogP) is 5.74. The van der Waals surface area contributed by atoms with Crippen molar-refractivity contribution in [3.05, 3.63) is 58.0 Å². The molecular formula is C18H24ClNO. The number of benzene rings is 1. The molecule has 1 N–H and O–H groups in total. The molecule has 2 nitrogen and oxygen atoms in total. The molecule has 21 heavy (non-hydrogen) atoms. The normalized spacial score (nSPS) is 14.1. The Morgan fingerprint density at radius 1 is 1.19 bits per heavy atom. The van der Waals surface area contributed by atoms with Gasteiger partial charge in [0.05, 0.1) is 0 Å². The highest BCUT2D eigenvalue weighted by Crippen LogP contribution is 2.27. The summed E-state index contributed by atoms with van der Waals surface area (Å²) in [7, 11) is 0. The average molecular weight is 306 g/mol. The zero-order chi connectivity index (χ0) is 15.4. The third-order valence-electron chi connectivity index (χ3n) is 3.85. The Morgan fingerprint density at radius 3 is 2.38 bits per heavy atom. The van der Waals surface area contributed by atoms with E-state index in [-0.39, 0.29) is 6.04 Å². The summed E-state index contributed by atoms with van der Waals surface area (Å²) in [5, 5.41) is 4.50. The van der Waals surface area contributed by atoms with Gasteiger partial charge in [-0.1, -0.05) is 37.1 Å².